The topological polar surface area (TPSA) is 65.1 Å². The molecule has 0 unspecified atom stereocenters. The third-order valence-electron chi connectivity index (χ3n) is 6.22. The Kier molecular flexibility index (Phi) is 6.07. The highest BCUT2D eigenvalue weighted by atomic mass is 35.5. The minimum Gasteiger partial charge on any atom is -0.342 e. The largest absolute Gasteiger partial charge is 0.342 e. The fourth-order valence-corrected chi connectivity index (χ4v) is 5.53. The van der Waals surface area contributed by atoms with E-state index in [1.165, 1.54) is 22.0 Å². The molecule has 1 aliphatic rings. The molecule has 178 valence electrons. The Bertz CT molecular complexity index is 1450. The van der Waals surface area contributed by atoms with E-state index >= 15 is 0 Å². The number of rotatable bonds is 5. The summed E-state index contributed by atoms with van der Waals surface area (Å²) < 4.78 is 19.3. The highest BCUT2D eigenvalue weighted by Gasteiger charge is 2.27. The second-order valence-corrected chi connectivity index (χ2v) is 10.1. The second kappa shape index (κ2) is 9.03. The third-order valence-corrected chi connectivity index (χ3v) is 7.43. The van der Waals surface area contributed by atoms with E-state index in [1.807, 2.05) is 19.2 Å². The summed E-state index contributed by atoms with van der Waals surface area (Å²) in [6, 6.07) is 7.84. The molecular weight excluding hydrogens is 477 g/mol. The zero-order chi connectivity index (χ0) is 24.0. The lowest BCUT2D eigenvalue weighted by Crippen LogP contribution is -2.40. The first-order valence-electron chi connectivity index (χ1n) is 11.4. The van der Waals surface area contributed by atoms with E-state index in [0.717, 1.165) is 32.4 Å². The van der Waals surface area contributed by atoms with Gasteiger partial charge in [0, 0.05) is 29.7 Å². The van der Waals surface area contributed by atoms with Crippen molar-refractivity contribution in [2.24, 2.45) is 0 Å². The van der Waals surface area contributed by atoms with Crippen LogP contribution < -0.4 is 16.1 Å². The molecular formula is C24H25ClFN5O2S. The van der Waals surface area contributed by atoms with Crippen LogP contribution in [0.4, 0.5) is 10.3 Å². The number of thiophene rings is 1. The molecule has 0 spiro atoms. The van der Waals surface area contributed by atoms with Gasteiger partial charge in [-0.2, -0.15) is 4.98 Å². The smallest absolute Gasteiger partial charge is 0.338 e. The van der Waals surface area contributed by atoms with Crippen LogP contribution in [0.2, 0.25) is 5.02 Å². The summed E-state index contributed by atoms with van der Waals surface area (Å²) in [6.07, 6.45) is 3.12. The van der Waals surface area contributed by atoms with Gasteiger partial charge in [0.15, 0.2) is 11.2 Å². The molecule has 1 fully saturated rings. The van der Waals surface area contributed by atoms with Crippen LogP contribution in [0.3, 0.4) is 0 Å². The Morgan fingerprint density at radius 2 is 1.88 bits per heavy atom. The molecule has 0 radical (unpaired) electrons. The van der Waals surface area contributed by atoms with Crippen molar-refractivity contribution in [3.8, 4) is 5.00 Å². The Balaban J connectivity index is 1.87. The average Bonchev–Trinajstić information content (AvgIpc) is 3.45. The van der Waals surface area contributed by atoms with Crippen LogP contribution >= 0.6 is 22.9 Å². The van der Waals surface area contributed by atoms with Gasteiger partial charge in [-0.1, -0.05) is 17.7 Å². The number of hydrogen-bond acceptors (Lipinski definition) is 5. The molecule has 5 rings (SSSR count). The molecule has 1 aromatic carbocycles. The van der Waals surface area contributed by atoms with Crippen molar-refractivity contribution in [2.75, 3.05) is 18.0 Å². The molecule has 0 saturated carbocycles. The van der Waals surface area contributed by atoms with E-state index in [-0.39, 0.29) is 28.7 Å². The summed E-state index contributed by atoms with van der Waals surface area (Å²) in [5.41, 5.74) is -0.0465. The molecule has 0 N–H and O–H groups in total. The number of aromatic nitrogens is 4. The lowest BCUT2D eigenvalue weighted by atomic mass is 10.1. The van der Waals surface area contributed by atoms with Crippen LogP contribution in [0.25, 0.3) is 16.2 Å². The van der Waals surface area contributed by atoms with Gasteiger partial charge in [0.25, 0.3) is 5.56 Å². The zero-order valence-corrected chi connectivity index (χ0v) is 20.6. The van der Waals surface area contributed by atoms with Gasteiger partial charge in [-0.05, 0) is 62.8 Å². The summed E-state index contributed by atoms with van der Waals surface area (Å²) in [5.74, 6) is 0.110. The van der Waals surface area contributed by atoms with Gasteiger partial charge in [-0.25, -0.2) is 13.8 Å². The predicted octanol–water partition coefficient (Wildman–Crippen LogP) is 4.82. The molecule has 7 nitrogen and oxygen atoms in total. The molecule has 3 aromatic heterocycles. The van der Waals surface area contributed by atoms with E-state index in [4.69, 9.17) is 16.6 Å². The van der Waals surface area contributed by atoms with E-state index in [2.05, 4.69) is 4.90 Å². The zero-order valence-electron chi connectivity index (χ0n) is 19.0. The maximum absolute atomic E-state index is 14.8. The first-order chi connectivity index (χ1) is 16.4. The van der Waals surface area contributed by atoms with Crippen molar-refractivity contribution in [3.63, 3.8) is 0 Å². The maximum Gasteiger partial charge on any atom is 0.338 e. The summed E-state index contributed by atoms with van der Waals surface area (Å²) in [7, 11) is 0. The van der Waals surface area contributed by atoms with Crippen LogP contribution in [0.15, 0.2) is 45.3 Å². The number of nitrogens with zero attached hydrogens (tertiary/aromatic N) is 5. The number of imidazole rings is 1. The Morgan fingerprint density at radius 1 is 1.12 bits per heavy atom. The minimum absolute atomic E-state index is 0.0316. The average molecular weight is 502 g/mol. The van der Waals surface area contributed by atoms with Crippen molar-refractivity contribution in [1.29, 1.82) is 0 Å². The summed E-state index contributed by atoms with van der Waals surface area (Å²) in [6.45, 7) is 5.36. The normalized spacial score (nSPS) is 14.4. The Labute approximate surface area is 204 Å². The number of fused-ring (bicyclic) bond motifs is 1. The van der Waals surface area contributed by atoms with Crippen molar-refractivity contribution in [2.45, 2.75) is 45.7 Å². The van der Waals surface area contributed by atoms with Crippen LogP contribution in [0.1, 0.15) is 44.7 Å². The van der Waals surface area contributed by atoms with Crippen molar-refractivity contribution in [1.82, 2.24) is 18.7 Å². The number of halogens is 2. The molecule has 34 heavy (non-hydrogen) atoms. The minimum atomic E-state index is -0.470. The maximum atomic E-state index is 14.8. The van der Waals surface area contributed by atoms with Gasteiger partial charge in [0.1, 0.15) is 10.8 Å². The molecule has 4 aromatic rings. The molecule has 0 bridgehead atoms. The van der Waals surface area contributed by atoms with Gasteiger partial charge in [0.05, 0.1) is 6.54 Å². The predicted molar refractivity (Wildman–Crippen MR) is 134 cm³/mol. The van der Waals surface area contributed by atoms with E-state index in [1.54, 1.807) is 33.4 Å². The molecule has 0 aliphatic carbocycles. The third kappa shape index (κ3) is 3.76. The van der Waals surface area contributed by atoms with Crippen molar-refractivity contribution in [3.05, 3.63) is 73.0 Å². The first kappa shape index (κ1) is 22.9. The summed E-state index contributed by atoms with van der Waals surface area (Å²) in [5, 5.41) is 2.63. The lowest BCUT2D eigenvalue weighted by Gasteiger charge is -2.28. The van der Waals surface area contributed by atoms with Crippen molar-refractivity contribution < 1.29 is 4.39 Å². The highest BCUT2D eigenvalue weighted by molar-refractivity contribution is 7.12. The Hall–Kier alpha value is -2.91. The molecule has 10 heteroatoms. The first-order valence-corrected chi connectivity index (χ1v) is 12.6. The van der Waals surface area contributed by atoms with Crippen LogP contribution in [-0.4, -0.2) is 31.8 Å². The molecule has 1 aliphatic heterocycles. The molecule has 1 saturated heterocycles. The monoisotopic (exact) mass is 501 g/mol. The fourth-order valence-electron chi connectivity index (χ4n) is 4.58. The van der Waals surface area contributed by atoms with Crippen LogP contribution in [0, 0.1) is 5.82 Å². The van der Waals surface area contributed by atoms with Gasteiger partial charge < -0.3 is 4.90 Å². The Morgan fingerprint density at radius 3 is 2.53 bits per heavy atom. The van der Waals surface area contributed by atoms with Crippen LogP contribution in [0.5, 0.6) is 0 Å². The molecule has 4 heterocycles. The second-order valence-electron chi connectivity index (χ2n) is 8.76. The van der Waals surface area contributed by atoms with Gasteiger partial charge in [-0.3, -0.25) is 13.9 Å². The molecule has 0 amide bonds. The quantitative estimate of drug-likeness (QED) is 0.393. The summed E-state index contributed by atoms with van der Waals surface area (Å²) in [4.78, 5) is 34.3. The van der Waals surface area contributed by atoms with Crippen LogP contribution in [-0.2, 0) is 6.54 Å². The van der Waals surface area contributed by atoms with Gasteiger partial charge >= 0.3 is 5.69 Å². The van der Waals surface area contributed by atoms with Gasteiger partial charge in [-0.15, -0.1) is 11.3 Å². The lowest BCUT2D eigenvalue weighted by molar-refractivity contribution is 0.555. The van der Waals surface area contributed by atoms with E-state index < -0.39 is 17.1 Å². The molecule has 0 atom stereocenters. The fraction of sp³-hybridized carbons (Fsp3) is 0.375. The number of benzene rings is 1. The number of piperidine rings is 1. The highest BCUT2D eigenvalue weighted by Crippen LogP contribution is 2.28. The number of hydrogen-bond donors (Lipinski definition) is 0. The SMILES string of the molecule is CC(C)n1c(=O)n(-c2cccs2)c(=O)c2c1nc(N1CCCCC1)n2Cc1c(F)cccc1Cl. The summed E-state index contributed by atoms with van der Waals surface area (Å²) >= 11 is 7.68. The number of anilines is 1. The van der Waals surface area contributed by atoms with E-state index in [0.29, 0.717) is 16.6 Å². The van der Waals surface area contributed by atoms with Crippen molar-refractivity contribution >= 4 is 40.0 Å². The van der Waals surface area contributed by atoms with E-state index in [9.17, 15) is 14.0 Å². The van der Waals surface area contributed by atoms with Gasteiger partial charge in [0.2, 0.25) is 5.95 Å². The standard InChI is InChI=1S/C24H25ClFN5O2S/c1-15(2)30-21-20(22(32)31(24(30)33)19-10-7-13-34-19)29(14-16-17(25)8-6-9-18(16)26)23(27-21)28-11-4-3-5-12-28/h6-10,13,15H,3-5,11-12,14H2,1-2H3.